The second-order valence-corrected chi connectivity index (χ2v) is 8.74. The van der Waals surface area contributed by atoms with E-state index < -0.39 is 0 Å². The van der Waals surface area contributed by atoms with Gasteiger partial charge < -0.3 is 5.32 Å². The lowest BCUT2D eigenvalue weighted by atomic mass is 9.49. The minimum absolute atomic E-state index is 0.0899. The van der Waals surface area contributed by atoms with Crippen molar-refractivity contribution in [2.24, 2.45) is 30.2 Å². The molecule has 4 bridgehead atoms. The van der Waals surface area contributed by atoms with Gasteiger partial charge in [-0.25, -0.2) is 0 Å². The molecule has 2 aromatic heterocycles. The van der Waals surface area contributed by atoms with Gasteiger partial charge in [-0.15, -0.1) is 0 Å². The summed E-state index contributed by atoms with van der Waals surface area (Å²) >= 11 is 0. The predicted octanol–water partition coefficient (Wildman–Crippen LogP) is 3.31. The maximum absolute atomic E-state index is 13.1. The number of aryl methyl sites for hydroxylation is 1. The molecule has 1 N–H and O–H groups in total. The van der Waals surface area contributed by atoms with Gasteiger partial charge in [0, 0.05) is 18.7 Å². The van der Waals surface area contributed by atoms with Crippen LogP contribution in [0.4, 0.5) is 0 Å². The van der Waals surface area contributed by atoms with Crippen molar-refractivity contribution >= 4 is 5.91 Å². The van der Waals surface area contributed by atoms with E-state index in [4.69, 9.17) is 0 Å². The highest BCUT2D eigenvalue weighted by molar-refractivity contribution is 5.83. The first-order valence-electron chi connectivity index (χ1n) is 9.84. The predicted molar refractivity (Wildman–Crippen MR) is 98.9 cm³/mol. The third-order valence-corrected chi connectivity index (χ3v) is 6.81. The Bertz CT molecular complexity index is 791. The molecule has 0 aliphatic heterocycles. The summed E-state index contributed by atoms with van der Waals surface area (Å²) < 4.78 is 1.84. The molecule has 4 fully saturated rings. The monoisotopic (exact) mass is 350 g/mol. The van der Waals surface area contributed by atoms with Crippen molar-refractivity contribution in [2.45, 2.75) is 45.1 Å². The molecular formula is C21H26N4O. The fourth-order valence-electron chi connectivity index (χ4n) is 6.11. The van der Waals surface area contributed by atoms with Gasteiger partial charge in [0.05, 0.1) is 23.6 Å². The summed E-state index contributed by atoms with van der Waals surface area (Å²) in [6.07, 6.45) is 9.18. The molecule has 0 radical (unpaired) electrons. The average molecular weight is 350 g/mol. The fourth-order valence-corrected chi connectivity index (χ4v) is 6.11. The van der Waals surface area contributed by atoms with Crippen molar-refractivity contribution in [2.75, 3.05) is 0 Å². The van der Waals surface area contributed by atoms with Crippen molar-refractivity contribution in [1.82, 2.24) is 20.1 Å². The van der Waals surface area contributed by atoms with Crippen molar-refractivity contribution < 1.29 is 4.79 Å². The van der Waals surface area contributed by atoms with Crippen LogP contribution in [0.15, 0.2) is 30.5 Å². The molecule has 2 aromatic rings. The van der Waals surface area contributed by atoms with Crippen LogP contribution < -0.4 is 5.32 Å². The van der Waals surface area contributed by atoms with Gasteiger partial charge in [-0.2, -0.15) is 5.10 Å². The van der Waals surface area contributed by atoms with Crippen LogP contribution in [0.5, 0.6) is 0 Å². The molecule has 4 saturated carbocycles. The zero-order valence-electron chi connectivity index (χ0n) is 15.3. The quantitative estimate of drug-likeness (QED) is 0.920. The second-order valence-electron chi connectivity index (χ2n) is 8.74. The molecule has 2 heterocycles. The van der Waals surface area contributed by atoms with E-state index >= 15 is 0 Å². The minimum Gasteiger partial charge on any atom is -0.350 e. The molecular weight excluding hydrogens is 324 g/mol. The number of amides is 1. The number of nitrogens with zero attached hydrogens (tertiary/aromatic N) is 3. The first-order valence-corrected chi connectivity index (χ1v) is 9.84. The van der Waals surface area contributed by atoms with Crippen molar-refractivity contribution in [3.8, 4) is 11.4 Å². The smallest absolute Gasteiger partial charge is 0.226 e. The van der Waals surface area contributed by atoms with Crippen LogP contribution in [0, 0.1) is 23.2 Å². The van der Waals surface area contributed by atoms with Crippen molar-refractivity contribution in [3.63, 3.8) is 0 Å². The topological polar surface area (TPSA) is 59.8 Å². The molecule has 0 aromatic carbocycles. The SMILES string of the molecule is Cn1nc(CNC(=O)C23CC4CC(CC(C4)C2)C3)cc1-c1ccccn1. The second kappa shape index (κ2) is 5.93. The summed E-state index contributed by atoms with van der Waals surface area (Å²) in [5.41, 5.74) is 2.69. The van der Waals surface area contributed by atoms with E-state index in [-0.39, 0.29) is 11.3 Å². The Labute approximate surface area is 154 Å². The lowest BCUT2D eigenvalue weighted by Gasteiger charge is -2.55. The van der Waals surface area contributed by atoms with Crippen molar-refractivity contribution in [1.29, 1.82) is 0 Å². The number of hydrogen-bond acceptors (Lipinski definition) is 3. The molecule has 5 heteroatoms. The van der Waals surface area contributed by atoms with Crippen LogP contribution in [0.25, 0.3) is 11.4 Å². The van der Waals surface area contributed by atoms with E-state index in [0.717, 1.165) is 54.1 Å². The van der Waals surface area contributed by atoms with Gasteiger partial charge in [0.1, 0.15) is 0 Å². The van der Waals surface area contributed by atoms with Gasteiger partial charge in [-0.3, -0.25) is 14.5 Å². The van der Waals surface area contributed by atoms with Gasteiger partial charge in [0.25, 0.3) is 0 Å². The highest BCUT2D eigenvalue weighted by atomic mass is 16.2. The Morgan fingerprint density at radius 1 is 1.19 bits per heavy atom. The molecule has 4 aliphatic carbocycles. The molecule has 6 rings (SSSR count). The molecule has 0 spiro atoms. The van der Waals surface area contributed by atoms with Gasteiger partial charge >= 0.3 is 0 Å². The number of carbonyl (C=O) groups is 1. The maximum atomic E-state index is 13.1. The maximum Gasteiger partial charge on any atom is 0.226 e. The molecule has 5 nitrogen and oxygen atoms in total. The minimum atomic E-state index is -0.0899. The summed E-state index contributed by atoms with van der Waals surface area (Å²) in [5.74, 6) is 2.63. The summed E-state index contributed by atoms with van der Waals surface area (Å²) in [6.45, 7) is 0.501. The van der Waals surface area contributed by atoms with Crippen LogP contribution in [0.1, 0.15) is 44.2 Å². The number of pyridine rings is 1. The largest absolute Gasteiger partial charge is 0.350 e. The van der Waals surface area contributed by atoms with E-state index in [1.165, 1.54) is 19.3 Å². The van der Waals surface area contributed by atoms with Crippen LogP contribution in [0.2, 0.25) is 0 Å². The van der Waals surface area contributed by atoms with E-state index in [9.17, 15) is 4.79 Å². The molecule has 0 saturated heterocycles. The summed E-state index contributed by atoms with van der Waals surface area (Å²) in [6, 6.07) is 7.90. The molecule has 4 aliphatic rings. The third kappa shape index (κ3) is 2.65. The highest BCUT2D eigenvalue weighted by Gasteiger charge is 2.54. The van der Waals surface area contributed by atoms with Crippen LogP contribution in [0.3, 0.4) is 0 Å². The lowest BCUT2D eigenvalue weighted by molar-refractivity contribution is -0.146. The first kappa shape index (κ1) is 16.0. The Balaban J connectivity index is 1.29. The zero-order valence-corrected chi connectivity index (χ0v) is 15.3. The Morgan fingerprint density at radius 3 is 2.50 bits per heavy atom. The van der Waals surface area contributed by atoms with E-state index in [1.807, 2.05) is 36.0 Å². The van der Waals surface area contributed by atoms with E-state index in [2.05, 4.69) is 15.4 Å². The highest BCUT2D eigenvalue weighted by Crippen LogP contribution is 2.60. The molecule has 26 heavy (non-hydrogen) atoms. The summed E-state index contributed by atoms with van der Waals surface area (Å²) in [7, 11) is 1.93. The average Bonchev–Trinajstić information content (AvgIpc) is 3.00. The number of hydrogen-bond donors (Lipinski definition) is 1. The normalized spacial score (nSPS) is 32.0. The number of aromatic nitrogens is 3. The zero-order chi connectivity index (χ0) is 17.7. The Hall–Kier alpha value is -2.17. The van der Waals surface area contributed by atoms with Gasteiger partial charge in [-0.05, 0) is 74.5 Å². The summed E-state index contributed by atoms with van der Waals surface area (Å²) in [4.78, 5) is 17.5. The molecule has 136 valence electrons. The first-order chi connectivity index (χ1) is 12.6. The van der Waals surface area contributed by atoms with Crippen LogP contribution in [-0.2, 0) is 18.4 Å². The number of rotatable bonds is 4. The Kier molecular flexibility index (Phi) is 3.66. The molecule has 1 amide bonds. The summed E-state index contributed by atoms with van der Waals surface area (Å²) in [5, 5.41) is 7.78. The van der Waals surface area contributed by atoms with Crippen LogP contribution in [-0.4, -0.2) is 20.7 Å². The van der Waals surface area contributed by atoms with Gasteiger partial charge in [0.15, 0.2) is 0 Å². The van der Waals surface area contributed by atoms with E-state index in [1.54, 1.807) is 6.20 Å². The lowest BCUT2D eigenvalue weighted by Crippen LogP contribution is -2.53. The fraction of sp³-hybridized carbons (Fsp3) is 0.571. The van der Waals surface area contributed by atoms with Gasteiger partial charge in [-0.1, -0.05) is 6.07 Å². The molecule has 0 atom stereocenters. The standard InChI is InChI=1S/C21H26N4O/c1-25-19(18-4-2-3-5-22-18)9-17(24-25)13-23-20(26)21-10-14-6-15(11-21)8-16(7-14)12-21/h2-5,9,14-16H,6-8,10-13H2,1H3,(H,23,26). The van der Waals surface area contributed by atoms with Gasteiger partial charge in [0.2, 0.25) is 5.91 Å². The Morgan fingerprint density at radius 2 is 1.88 bits per heavy atom. The third-order valence-electron chi connectivity index (χ3n) is 6.81. The van der Waals surface area contributed by atoms with Crippen LogP contribution >= 0.6 is 0 Å². The number of nitrogens with one attached hydrogen (secondary N) is 1. The number of carbonyl (C=O) groups excluding carboxylic acids is 1. The molecule has 0 unspecified atom stereocenters. The van der Waals surface area contributed by atoms with Crippen molar-refractivity contribution in [3.05, 3.63) is 36.2 Å². The van der Waals surface area contributed by atoms with E-state index in [0.29, 0.717) is 6.54 Å².